The van der Waals surface area contributed by atoms with Gasteiger partial charge in [0.15, 0.2) is 0 Å². The van der Waals surface area contributed by atoms with Crippen molar-refractivity contribution < 1.29 is 22.0 Å². The number of methoxy groups -OCH3 is 1. The third-order valence-corrected chi connectivity index (χ3v) is 6.32. The molecule has 0 bridgehead atoms. The predicted molar refractivity (Wildman–Crippen MR) is 115 cm³/mol. The fraction of sp³-hybridized carbons (Fsp3) is 0.0455. The predicted octanol–water partition coefficient (Wildman–Crippen LogP) is 5.72. The van der Waals surface area contributed by atoms with Gasteiger partial charge >= 0.3 is 0 Å². The van der Waals surface area contributed by atoms with Crippen molar-refractivity contribution in [1.82, 2.24) is 4.98 Å². The quantitative estimate of drug-likeness (QED) is 0.372. The molecule has 0 radical (unpaired) electrons. The highest BCUT2D eigenvalue weighted by Crippen LogP contribution is 2.35. The summed E-state index contributed by atoms with van der Waals surface area (Å²) in [6.07, 6.45) is 0. The number of nitrogens with zero attached hydrogens (tertiary/aromatic N) is 1. The maximum Gasteiger partial charge on any atom is 0.238 e. The van der Waals surface area contributed by atoms with Crippen LogP contribution in [-0.2, 0) is 9.84 Å². The number of benzene rings is 3. The van der Waals surface area contributed by atoms with Gasteiger partial charge in [-0.3, -0.25) is 0 Å². The van der Waals surface area contributed by atoms with Crippen LogP contribution in [0.25, 0.3) is 11.5 Å². The zero-order valence-electron chi connectivity index (χ0n) is 16.2. The van der Waals surface area contributed by atoms with Crippen LogP contribution < -0.4 is 10.1 Å². The third-order valence-electron chi connectivity index (χ3n) is 4.39. The van der Waals surface area contributed by atoms with E-state index in [0.29, 0.717) is 22.0 Å². The van der Waals surface area contributed by atoms with Gasteiger partial charge in [-0.05, 0) is 60.7 Å². The van der Waals surface area contributed by atoms with Gasteiger partial charge in [0.25, 0.3) is 0 Å². The normalized spacial score (nSPS) is 11.3. The maximum atomic E-state index is 13.3. The van der Waals surface area contributed by atoms with Crippen LogP contribution in [0.15, 0.2) is 87.1 Å². The van der Waals surface area contributed by atoms with Gasteiger partial charge in [-0.25, -0.2) is 12.8 Å². The summed E-state index contributed by atoms with van der Waals surface area (Å²) in [4.78, 5) is 4.12. The minimum Gasteiger partial charge on any atom is -0.497 e. The number of sulfone groups is 1. The van der Waals surface area contributed by atoms with Gasteiger partial charge in [0.1, 0.15) is 11.6 Å². The number of aromatic nitrogens is 1. The van der Waals surface area contributed by atoms with E-state index >= 15 is 0 Å². The van der Waals surface area contributed by atoms with Gasteiger partial charge in [0.2, 0.25) is 26.6 Å². The lowest BCUT2D eigenvalue weighted by molar-refractivity contribution is 0.415. The Morgan fingerprint density at radius 3 is 2.42 bits per heavy atom. The van der Waals surface area contributed by atoms with Crippen molar-refractivity contribution in [2.75, 3.05) is 12.4 Å². The molecule has 0 spiro atoms. The van der Waals surface area contributed by atoms with Crippen molar-refractivity contribution in [2.45, 2.75) is 9.92 Å². The summed E-state index contributed by atoms with van der Waals surface area (Å²) in [6, 6.07) is 18.0. The molecular formula is C22H16ClFN2O4S. The Morgan fingerprint density at radius 1 is 1.03 bits per heavy atom. The first-order valence-corrected chi connectivity index (χ1v) is 10.9. The molecule has 0 aliphatic heterocycles. The lowest BCUT2D eigenvalue weighted by Crippen LogP contribution is -2.05. The highest BCUT2D eigenvalue weighted by atomic mass is 35.5. The molecule has 6 nitrogen and oxygen atoms in total. The Bertz CT molecular complexity index is 1320. The van der Waals surface area contributed by atoms with Crippen LogP contribution >= 0.6 is 11.6 Å². The van der Waals surface area contributed by atoms with E-state index in [0.717, 1.165) is 12.1 Å². The molecule has 0 atom stereocenters. The summed E-state index contributed by atoms with van der Waals surface area (Å²) in [5.74, 6) is 0.0337. The molecule has 0 fully saturated rings. The Balaban J connectivity index is 1.83. The Kier molecular flexibility index (Phi) is 5.67. The van der Waals surface area contributed by atoms with E-state index in [2.05, 4.69) is 10.3 Å². The molecule has 31 heavy (non-hydrogen) atoms. The number of nitrogens with one attached hydrogen (secondary N) is 1. The Labute approximate surface area is 183 Å². The first-order valence-electron chi connectivity index (χ1n) is 9.05. The first-order chi connectivity index (χ1) is 14.9. The average Bonchev–Trinajstić information content (AvgIpc) is 3.19. The van der Waals surface area contributed by atoms with Gasteiger partial charge in [0.05, 0.1) is 12.0 Å². The molecule has 0 aliphatic rings. The van der Waals surface area contributed by atoms with Crippen LogP contribution in [-0.4, -0.2) is 20.5 Å². The molecule has 0 saturated heterocycles. The minimum absolute atomic E-state index is 0.0810. The second kappa shape index (κ2) is 8.41. The number of hydrogen-bond acceptors (Lipinski definition) is 6. The Hall–Kier alpha value is -3.36. The molecule has 1 heterocycles. The fourth-order valence-corrected chi connectivity index (χ4v) is 4.22. The van der Waals surface area contributed by atoms with Gasteiger partial charge in [-0.2, -0.15) is 4.98 Å². The molecule has 0 amide bonds. The van der Waals surface area contributed by atoms with Crippen LogP contribution in [0.1, 0.15) is 0 Å². The first kappa shape index (κ1) is 20.9. The van der Waals surface area contributed by atoms with E-state index in [1.54, 1.807) is 48.5 Å². The standard InChI is InChI=1S/C22H16ClFN2O4S/c1-29-18-4-2-3-17(13-18)25-21-22(31(27,28)19-11-9-16(24)10-12-19)26-20(30-21)14-5-7-15(23)8-6-14/h2-13,25H,1H3. The van der Waals surface area contributed by atoms with Crippen LogP contribution in [0, 0.1) is 5.82 Å². The number of halogens is 2. The molecular weight excluding hydrogens is 443 g/mol. The van der Waals surface area contributed by atoms with Gasteiger partial charge in [-0.15, -0.1) is 0 Å². The molecule has 9 heteroatoms. The van der Waals surface area contributed by atoms with E-state index in [4.69, 9.17) is 20.8 Å². The summed E-state index contributed by atoms with van der Waals surface area (Å²) in [5, 5.41) is 3.14. The largest absolute Gasteiger partial charge is 0.497 e. The summed E-state index contributed by atoms with van der Waals surface area (Å²) in [5.41, 5.74) is 1.08. The van der Waals surface area contributed by atoms with E-state index < -0.39 is 15.7 Å². The average molecular weight is 459 g/mol. The lowest BCUT2D eigenvalue weighted by atomic mass is 10.2. The van der Waals surface area contributed by atoms with Crippen LogP contribution in [0.3, 0.4) is 0 Å². The van der Waals surface area contributed by atoms with Crippen molar-refractivity contribution in [3.8, 4) is 17.2 Å². The zero-order valence-corrected chi connectivity index (χ0v) is 17.7. The van der Waals surface area contributed by atoms with Crippen LogP contribution in [0.5, 0.6) is 5.75 Å². The number of rotatable bonds is 6. The highest BCUT2D eigenvalue weighted by Gasteiger charge is 2.29. The highest BCUT2D eigenvalue weighted by molar-refractivity contribution is 7.91. The zero-order chi connectivity index (χ0) is 22.0. The number of anilines is 2. The molecule has 4 aromatic rings. The molecule has 3 aromatic carbocycles. The van der Waals surface area contributed by atoms with Crippen LogP contribution in [0.4, 0.5) is 16.0 Å². The SMILES string of the molecule is COc1cccc(Nc2oc(-c3ccc(Cl)cc3)nc2S(=O)(=O)c2ccc(F)cc2)c1. The minimum atomic E-state index is -4.11. The van der Waals surface area contributed by atoms with Crippen molar-refractivity contribution >= 4 is 33.0 Å². The monoisotopic (exact) mass is 458 g/mol. The summed E-state index contributed by atoms with van der Waals surface area (Å²) in [6.45, 7) is 0. The lowest BCUT2D eigenvalue weighted by Gasteiger charge is -2.07. The van der Waals surface area contributed by atoms with E-state index in [9.17, 15) is 12.8 Å². The summed E-state index contributed by atoms with van der Waals surface area (Å²) >= 11 is 5.94. The second-order valence-electron chi connectivity index (χ2n) is 6.47. The third kappa shape index (κ3) is 4.40. The van der Waals surface area contributed by atoms with E-state index in [1.807, 2.05) is 0 Å². The van der Waals surface area contributed by atoms with Crippen molar-refractivity contribution in [3.05, 3.63) is 83.6 Å². The summed E-state index contributed by atoms with van der Waals surface area (Å²) in [7, 11) is -2.58. The number of oxazole rings is 1. The second-order valence-corrected chi connectivity index (χ2v) is 8.78. The fourth-order valence-electron chi connectivity index (χ4n) is 2.84. The summed E-state index contributed by atoms with van der Waals surface area (Å²) < 4.78 is 50.8. The molecule has 1 aromatic heterocycles. The van der Waals surface area contributed by atoms with Crippen LogP contribution in [0.2, 0.25) is 5.02 Å². The molecule has 0 unspecified atom stereocenters. The molecule has 0 saturated carbocycles. The number of ether oxygens (including phenoxy) is 1. The van der Waals surface area contributed by atoms with Crippen molar-refractivity contribution in [2.24, 2.45) is 0 Å². The van der Waals surface area contributed by atoms with Gasteiger partial charge in [0, 0.05) is 22.3 Å². The van der Waals surface area contributed by atoms with Gasteiger partial charge < -0.3 is 14.5 Å². The Morgan fingerprint density at radius 2 is 1.74 bits per heavy atom. The van der Waals surface area contributed by atoms with E-state index in [-0.39, 0.29) is 21.7 Å². The van der Waals surface area contributed by atoms with Gasteiger partial charge in [-0.1, -0.05) is 17.7 Å². The molecule has 158 valence electrons. The molecule has 1 N–H and O–H groups in total. The van der Waals surface area contributed by atoms with E-state index in [1.165, 1.54) is 19.2 Å². The maximum absolute atomic E-state index is 13.3. The molecule has 4 rings (SSSR count). The smallest absolute Gasteiger partial charge is 0.238 e. The number of hydrogen-bond donors (Lipinski definition) is 1. The molecule has 0 aliphatic carbocycles. The topological polar surface area (TPSA) is 81.4 Å². The van der Waals surface area contributed by atoms with Crippen molar-refractivity contribution in [1.29, 1.82) is 0 Å². The van der Waals surface area contributed by atoms with Crippen molar-refractivity contribution in [3.63, 3.8) is 0 Å².